The van der Waals surface area contributed by atoms with Gasteiger partial charge in [-0.05, 0) is 31.0 Å². The van der Waals surface area contributed by atoms with E-state index in [2.05, 4.69) is 5.32 Å². The summed E-state index contributed by atoms with van der Waals surface area (Å²) in [4.78, 5) is 28.4. The van der Waals surface area contributed by atoms with Gasteiger partial charge < -0.3 is 5.32 Å². The second-order valence-electron chi connectivity index (χ2n) is 6.77. The van der Waals surface area contributed by atoms with Crippen molar-refractivity contribution in [2.45, 2.75) is 25.4 Å². The molecule has 0 radical (unpaired) electrons. The minimum Gasteiger partial charge on any atom is -0.323 e. The van der Waals surface area contributed by atoms with Gasteiger partial charge in [0.2, 0.25) is 11.8 Å². The summed E-state index contributed by atoms with van der Waals surface area (Å²) in [5, 5.41) is 2.78. The Morgan fingerprint density at radius 3 is 2.65 bits per heavy atom. The summed E-state index contributed by atoms with van der Waals surface area (Å²) in [5.41, 5.74) is 1.94. The number of halogens is 1. The molecule has 1 heterocycles. The Morgan fingerprint density at radius 1 is 1.15 bits per heavy atom. The molecule has 2 aromatic rings. The zero-order valence-electron chi connectivity index (χ0n) is 14.3. The molecule has 2 aliphatic rings. The molecule has 1 aliphatic carbocycles. The summed E-state index contributed by atoms with van der Waals surface area (Å²) in [6, 6.07) is 14.2. The van der Waals surface area contributed by atoms with Crippen LogP contribution in [0.4, 0.5) is 15.8 Å². The third-order valence-corrected chi connectivity index (χ3v) is 4.80. The number of hydrogen-bond acceptors (Lipinski definition) is 3. The van der Waals surface area contributed by atoms with Crippen molar-refractivity contribution in [1.29, 1.82) is 0 Å². The van der Waals surface area contributed by atoms with Crippen molar-refractivity contribution in [1.82, 2.24) is 4.90 Å². The molecule has 5 nitrogen and oxygen atoms in total. The normalized spacial score (nSPS) is 16.4. The summed E-state index contributed by atoms with van der Waals surface area (Å²) in [6.45, 7) is 0.569. The summed E-state index contributed by atoms with van der Waals surface area (Å²) >= 11 is 0. The summed E-state index contributed by atoms with van der Waals surface area (Å²) in [5.74, 6) is -0.604. The standard InChI is InChI=1S/C20H20FN3O2/c21-16-6-2-1-5-14(16)11-23(15-9-10-15)13-20(26)24-12-19(25)22-17-7-3-4-8-18(17)24/h1-8,15H,9-13H2,(H,22,25). The molecule has 0 bridgehead atoms. The molecule has 6 heteroatoms. The van der Waals surface area contributed by atoms with E-state index in [1.807, 2.05) is 23.1 Å². The molecule has 0 atom stereocenters. The second-order valence-corrected chi connectivity index (χ2v) is 6.77. The number of carbonyl (C=O) groups is 2. The van der Waals surface area contributed by atoms with E-state index >= 15 is 0 Å². The monoisotopic (exact) mass is 353 g/mol. The fourth-order valence-corrected chi connectivity index (χ4v) is 3.31. The lowest BCUT2D eigenvalue weighted by molar-refractivity contribution is -0.122. The van der Waals surface area contributed by atoms with Crippen LogP contribution in [0.15, 0.2) is 48.5 Å². The van der Waals surface area contributed by atoms with Crippen LogP contribution in [0.2, 0.25) is 0 Å². The zero-order valence-corrected chi connectivity index (χ0v) is 14.3. The molecule has 2 amide bonds. The number of rotatable bonds is 5. The van der Waals surface area contributed by atoms with Crippen LogP contribution in [0.5, 0.6) is 0 Å². The minimum atomic E-state index is -0.256. The molecular weight excluding hydrogens is 333 g/mol. The number of hydrogen-bond donors (Lipinski definition) is 1. The Bertz CT molecular complexity index is 850. The number of nitrogens with one attached hydrogen (secondary N) is 1. The number of amides is 2. The van der Waals surface area contributed by atoms with Gasteiger partial charge in [0.15, 0.2) is 0 Å². The van der Waals surface area contributed by atoms with Crippen LogP contribution in [-0.2, 0) is 16.1 Å². The average molecular weight is 353 g/mol. The van der Waals surface area contributed by atoms with Crippen molar-refractivity contribution >= 4 is 23.2 Å². The Kier molecular flexibility index (Phi) is 4.42. The van der Waals surface area contributed by atoms with E-state index in [4.69, 9.17) is 0 Å². The highest BCUT2D eigenvalue weighted by Gasteiger charge is 2.34. The van der Waals surface area contributed by atoms with Crippen molar-refractivity contribution in [3.63, 3.8) is 0 Å². The van der Waals surface area contributed by atoms with Gasteiger partial charge in [0.05, 0.1) is 17.9 Å². The molecule has 1 fully saturated rings. The molecular formula is C20H20FN3O2. The molecule has 2 aromatic carbocycles. The molecule has 1 aliphatic heterocycles. The van der Waals surface area contributed by atoms with Gasteiger partial charge in [0, 0.05) is 18.2 Å². The lowest BCUT2D eigenvalue weighted by Gasteiger charge is -2.31. The first-order chi connectivity index (χ1) is 12.6. The predicted molar refractivity (Wildman–Crippen MR) is 97.3 cm³/mol. The highest BCUT2D eigenvalue weighted by molar-refractivity contribution is 6.10. The highest BCUT2D eigenvalue weighted by Crippen LogP contribution is 2.31. The number of fused-ring (bicyclic) bond motifs is 1. The van der Waals surface area contributed by atoms with Crippen LogP contribution in [0.3, 0.4) is 0 Å². The van der Waals surface area contributed by atoms with E-state index in [1.165, 1.54) is 11.0 Å². The Morgan fingerprint density at radius 2 is 1.88 bits per heavy atom. The zero-order chi connectivity index (χ0) is 18.1. The van der Waals surface area contributed by atoms with Crippen LogP contribution >= 0.6 is 0 Å². The maximum absolute atomic E-state index is 14.0. The van der Waals surface area contributed by atoms with E-state index in [0.29, 0.717) is 29.5 Å². The summed E-state index contributed by atoms with van der Waals surface area (Å²) < 4.78 is 14.0. The number of benzene rings is 2. The van der Waals surface area contributed by atoms with Gasteiger partial charge in [0.25, 0.3) is 0 Å². The largest absolute Gasteiger partial charge is 0.323 e. The van der Waals surface area contributed by atoms with Crippen LogP contribution in [0.1, 0.15) is 18.4 Å². The van der Waals surface area contributed by atoms with Crippen LogP contribution < -0.4 is 10.2 Å². The fourth-order valence-electron chi connectivity index (χ4n) is 3.31. The first-order valence-corrected chi connectivity index (χ1v) is 8.78. The lowest BCUT2D eigenvalue weighted by Crippen LogP contribution is -2.47. The number of para-hydroxylation sites is 2. The predicted octanol–water partition coefficient (Wildman–Crippen LogP) is 2.78. The Balaban J connectivity index is 1.52. The summed E-state index contributed by atoms with van der Waals surface area (Å²) in [7, 11) is 0. The maximum atomic E-state index is 14.0. The molecule has 0 saturated heterocycles. The van der Waals surface area contributed by atoms with Crippen LogP contribution in [-0.4, -0.2) is 35.8 Å². The lowest BCUT2D eigenvalue weighted by atomic mass is 10.1. The number of nitrogens with zero attached hydrogens (tertiary/aromatic N) is 2. The third kappa shape index (κ3) is 3.46. The quantitative estimate of drug-likeness (QED) is 0.899. The van der Waals surface area contributed by atoms with E-state index in [-0.39, 0.29) is 30.7 Å². The van der Waals surface area contributed by atoms with Gasteiger partial charge >= 0.3 is 0 Å². The SMILES string of the molecule is O=C1CN(C(=O)CN(Cc2ccccc2F)C2CC2)c2ccccc2N1. The first kappa shape index (κ1) is 16.7. The van der Waals surface area contributed by atoms with E-state index in [1.54, 1.807) is 24.3 Å². The molecule has 26 heavy (non-hydrogen) atoms. The number of carbonyl (C=O) groups excluding carboxylic acids is 2. The van der Waals surface area contributed by atoms with E-state index in [9.17, 15) is 14.0 Å². The molecule has 0 spiro atoms. The topological polar surface area (TPSA) is 52.7 Å². The van der Waals surface area contributed by atoms with E-state index in [0.717, 1.165) is 12.8 Å². The molecule has 4 rings (SSSR count). The maximum Gasteiger partial charge on any atom is 0.244 e. The molecule has 1 saturated carbocycles. The molecule has 1 N–H and O–H groups in total. The first-order valence-electron chi connectivity index (χ1n) is 8.78. The third-order valence-electron chi connectivity index (χ3n) is 4.80. The van der Waals surface area contributed by atoms with Crippen molar-refractivity contribution in [2.24, 2.45) is 0 Å². The smallest absolute Gasteiger partial charge is 0.244 e. The van der Waals surface area contributed by atoms with Crippen molar-refractivity contribution in [2.75, 3.05) is 23.3 Å². The summed E-state index contributed by atoms with van der Waals surface area (Å²) in [6.07, 6.45) is 2.03. The van der Waals surface area contributed by atoms with Gasteiger partial charge in [-0.3, -0.25) is 19.4 Å². The highest BCUT2D eigenvalue weighted by atomic mass is 19.1. The van der Waals surface area contributed by atoms with Crippen LogP contribution in [0, 0.1) is 5.82 Å². The minimum absolute atomic E-state index is 0.00799. The molecule has 0 unspecified atom stereocenters. The second kappa shape index (κ2) is 6.88. The molecule has 0 aromatic heterocycles. The van der Waals surface area contributed by atoms with Crippen LogP contribution in [0.25, 0.3) is 0 Å². The van der Waals surface area contributed by atoms with Crippen molar-refractivity contribution < 1.29 is 14.0 Å². The fraction of sp³-hybridized carbons (Fsp3) is 0.300. The van der Waals surface area contributed by atoms with Crippen molar-refractivity contribution in [3.8, 4) is 0 Å². The number of anilines is 2. The average Bonchev–Trinajstić information content (AvgIpc) is 3.47. The van der Waals surface area contributed by atoms with E-state index < -0.39 is 0 Å². The Hall–Kier alpha value is -2.73. The van der Waals surface area contributed by atoms with Gasteiger partial charge in [-0.1, -0.05) is 30.3 Å². The van der Waals surface area contributed by atoms with Gasteiger partial charge in [-0.25, -0.2) is 4.39 Å². The molecule has 134 valence electrons. The van der Waals surface area contributed by atoms with Crippen molar-refractivity contribution in [3.05, 3.63) is 59.9 Å². The van der Waals surface area contributed by atoms with Gasteiger partial charge in [-0.2, -0.15) is 0 Å². The Labute approximate surface area is 151 Å². The van der Waals surface area contributed by atoms with Gasteiger partial charge in [-0.15, -0.1) is 0 Å². The van der Waals surface area contributed by atoms with Gasteiger partial charge in [0.1, 0.15) is 12.4 Å².